The van der Waals surface area contributed by atoms with Gasteiger partial charge in [0, 0.05) is 28.6 Å². The number of hydrogen-bond acceptors (Lipinski definition) is 4. The molecule has 0 bridgehead atoms. The summed E-state index contributed by atoms with van der Waals surface area (Å²) < 4.78 is 11.7. The van der Waals surface area contributed by atoms with Crippen molar-refractivity contribution in [2.24, 2.45) is 0 Å². The predicted octanol–water partition coefficient (Wildman–Crippen LogP) is 6.74. The molecule has 0 aliphatic heterocycles. The first-order valence-corrected chi connectivity index (χ1v) is 10.4. The molecular weight excluding hydrogens is 437 g/mol. The maximum Gasteiger partial charge on any atom is 0.180 e. The van der Waals surface area contributed by atoms with Crippen LogP contribution in [0.25, 0.3) is 0 Å². The van der Waals surface area contributed by atoms with Crippen LogP contribution < -0.4 is 14.8 Å². The van der Waals surface area contributed by atoms with Gasteiger partial charge in [-0.2, -0.15) is 0 Å². The molecule has 0 fully saturated rings. The van der Waals surface area contributed by atoms with Crippen molar-refractivity contribution < 1.29 is 9.47 Å². The monoisotopic (exact) mass is 457 g/mol. The van der Waals surface area contributed by atoms with Gasteiger partial charge in [0.15, 0.2) is 11.5 Å². The zero-order chi connectivity index (χ0) is 19.1. The number of thiophene rings is 1. The largest absolute Gasteiger partial charge is 0.490 e. The van der Waals surface area contributed by atoms with E-state index in [9.17, 15) is 0 Å². The van der Waals surface area contributed by atoms with Gasteiger partial charge in [-0.15, -0.1) is 23.7 Å². The molecular formula is C21H22Cl3NO2S. The Balaban J connectivity index is 0.00000280. The van der Waals surface area contributed by atoms with Gasteiger partial charge in [0.1, 0.15) is 6.61 Å². The number of hydrogen-bond donors (Lipinski definition) is 1. The first-order valence-electron chi connectivity index (χ1n) is 8.72. The Hall–Kier alpha value is -1.43. The van der Waals surface area contributed by atoms with Crippen LogP contribution in [0.3, 0.4) is 0 Å². The number of halogens is 3. The minimum Gasteiger partial charge on any atom is -0.490 e. The van der Waals surface area contributed by atoms with Crippen molar-refractivity contribution >= 4 is 46.9 Å². The van der Waals surface area contributed by atoms with Crippen molar-refractivity contribution in [1.29, 1.82) is 0 Å². The molecule has 3 aromatic rings. The summed E-state index contributed by atoms with van der Waals surface area (Å²) in [6.45, 7) is 4.32. The van der Waals surface area contributed by atoms with Crippen LogP contribution in [-0.4, -0.2) is 6.61 Å². The van der Waals surface area contributed by atoms with Gasteiger partial charge in [0.25, 0.3) is 0 Å². The smallest absolute Gasteiger partial charge is 0.180 e. The molecule has 0 aliphatic rings. The van der Waals surface area contributed by atoms with E-state index in [1.165, 1.54) is 4.88 Å². The molecule has 7 heteroatoms. The van der Waals surface area contributed by atoms with Crippen molar-refractivity contribution in [1.82, 2.24) is 5.32 Å². The lowest BCUT2D eigenvalue weighted by Gasteiger charge is -2.16. The summed E-state index contributed by atoms with van der Waals surface area (Å²) in [7, 11) is 0. The van der Waals surface area contributed by atoms with Crippen LogP contribution in [-0.2, 0) is 19.7 Å². The van der Waals surface area contributed by atoms with Crippen LogP contribution >= 0.6 is 46.9 Å². The second-order valence-corrected chi connectivity index (χ2v) is 7.75. The first kappa shape index (κ1) is 22.9. The fourth-order valence-corrected chi connectivity index (χ4v) is 3.79. The Morgan fingerprint density at radius 1 is 0.964 bits per heavy atom. The summed E-state index contributed by atoms with van der Waals surface area (Å²) in [5, 5.41) is 6.70. The third-order valence-electron chi connectivity index (χ3n) is 3.91. The predicted molar refractivity (Wildman–Crippen MR) is 121 cm³/mol. The summed E-state index contributed by atoms with van der Waals surface area (Å²) in [5.74, 6) is 1.19. The summed E-state index contributed by atoms with van der Waals surface area (Å²) in [6, 6.07) is 15.6. The molecule has 0 spiro atoms. The fourth-order valence-electron chi connectivity index (χ4n) is 2.64. The van der Waals surface area contributed by atoms with Gasteiger partial charge < -0.3 is 14.8 Å². The molecule has 150 valence electrons. The van der Waals surface area contributed by atoms with E-state index >= 15 is 0 Å². The highest BCUT2D eigenvalue weighted by molar-refractivity contribution is 7.09. The topological polar surface area (TPSA) is 30.5 Å². The molecule has 0 amide bonds. The third kappa shape index (κ3) is 6.29. The van der Waals surface area contributed by atoms with Gasteiger partial charge in [0.2, 0.25) is 0 Å². The van der Waals surface area contributed by atoms with Gasteiger partial charge in [0.05, 0.1) is 11.6 Å². The average molecular weight is 459 g/mol. The van der Waals surface area contributed by atoms with Gasteiger partial charge in [-0.3, -0.25) is 0 Å². The summed E-state index contributed by atoms with van der Waals surface area (Å²) >= 11 is 14.4. The van der Waals surface area contributed by atoms with Crippen molar-refractivity contribution in [3.05, 3.63) is 80.0 Å². The van der Waals surface area contributed by atoms with E-state index in [1.807, 2.05) is 43.3 Å². The SMILES string of the molecule is CCOc1cc(CNCc2cccs2)cc(Cl)c1OCc1ccccc1Cl.Cl. The highest BCUT2D eigenvalue weighted by atomic mass is 35.5. The highest BCUT2D eigenvalue weighted by Crippen LogP contribution is 2.37. The number of ether oxygens (including phenoxy) is 2. The van der Waals surface area contributed by atoms with Crippen molar-refractivity contribution in [3.8, 4) is 11.5 Å². The van der Waals surface area contributed by atoms with E-state index in [-0.39, 0.29) is 12.4 Å². The Labute approximate surface area is 186 Å². The lowest BCUT2D eigenvalue weighted by atomic mass is 10.2. The van der Waals surface area contributed by atoms with E-state index in [4.69, 9.17) is 32.7 Å². The Kier molecular flexibility index (Phi) is 9.42. The van der Waals surface area contributed by atoms with E-state index in [0.717, 1.165) is 17.7 Å². The summed E-state index contributed by atoms with van der Waals surface area (Å²) in [6.07, 6.45) is 0. The van der Waals surface area contributed by atoms with Crippen LogP contribution in [0, 0.1) is 0 Å². The average Bonchev–Trinajstić information content (AvgIpc) is 3.16. The Morgan fingerprint density at radius 2 is 1.79 bits per heavy atom. The zero-order valence-corrected chi connectivity index (χ0v) is 18.6. The van der Waals surface area contributed by atoms with Gasteiger partial charge in [-0.1, -0.05) is 47.5 Å². The number of benzene rings is 2. The van der Waals surface area contributed by atoms with Crippen molar-refractivity contribution in [3.63, 3.8) is 0 Å². The highest BCUT2D eigenvalue weighted by Gasteiger charge is 2.13. The Morgan fingerprint density at radius 3 is 2.50 bits per heavy atom. The molecule has 3 nitrogen and oxygen atoms in total. The first-order chi connectivity index (χ1) is 13.2. The van der Waals surface area contributed by atoms with Crippen LogP contribution in [0.15, 0.2) is 53.9 Å². The second-order valence-electron chi connectivity index (χ2n) is 5.90. The Bertz CT molecular complexity index is 872. The maximum atomic E-state index is 6.49. The van der Waals surface area contributed by atoms with E-state index in [2.05, 4.69) is 22.8 Å². The molecule has 0 aliphatic carbocycles. The normalized spacial score (nSPS) is 10.4. The lowest BCUT2D eigenvalue weighted by molar-refractivity contribution is 0.269. The molecule has 1 heterocycles. The van der Waals surface area contributed by atoms with E-state index < -0.39 is 0 Å². The van der Waals surface area contributed by atoms with Crippen molar-refractivity contribution in [2.45, 2.75) is 26.6 Å². The van der Waals surface area contributed by atoms with Gasteiger partial charge in [-0.25, -0.2) is 0 Å². The fraction of sp³-hybridized carbons (Fsp3) is 0.238. The standard InChI is InChI=1S/C21H21Cl2NO2S.ClH/c1-2-25-20-11-15(12-24-13-17-7-5-9-27-17)10-19(23)21(20)26-14-16-6-3-4-8-18(16)22;/h3-11,24H,2,12-14H2,1H3;1H. The molecule has 0 radical (unpaired) electrons. The van der Waals surface area contributed by atoms with E-state index in [1.54, 1.807) is 11.3 Å². The van der Waals surface area contributed by atoms with Crippen molar-refractivity contribution in [2.75, 3.05) is 6.61 Å². The third-order valence-corrected chi connectivity index (χ3v) is 5.43. The van der Waals surface area contributed by atoms with Crippen LogP contribution in [0.1, 0.15) is 22.9 Å². The minimum absolute atomic E-state index is 0. The molecule has 1 N–H and O–H groups in total. The van der Waals surface area contributed by atoms with Crippen LogP contribution in [0.2, 0.25) is 10.0 Å². The number of rotatable bonds is 9. The molecule has 28 heavy (non-hydrogen) atoms. The van der Waals surface area contributed by atoms with E-state index in [0.29, 0.717) is 41.3 Å². The quantitative estimate of drug-likeness (QED) is 0.385. The molecule has 0 unspecified atom stereocenters. The molecule has 1 aromatic heterocycles. The molecule has 3 rings (SSSR count). The van der Waals surface area contributed by atoms with Crippen LogP contribution in [0.4, 0.5) is 0 Å². The lowest BCUT2D eigenvalue weighted by Crippen LogP contribution is -2.12. The maximum absolute atomic E-state index is 6.49. The minimum atomic E-state index is 0. The second kappa shape index (κ2) is 11.5. The summed E-state index contributed by atoms with van der Waals surface area (Å²) in [5.41, 5.74) is 1.95. The van der Waals surface area contributed by atoms with Gasteiger partial charge in [-0.05, 0) is 42.1 Å². The molecule has 0 atom stereocenters. The van der Waals surface area contributed by atoms with Crippen LogP contribution in [0.5, 0.6) is 11.5 Å². The number of nitrogens with one attached hydrogen (secondary N) is 1. The molecule has 0 saturated carbocycles. The molecule has 2 aromatic carbocycles. The summed E-state index contributed by atoms with van der Waals surface area (Å²) in [4.78, 5) is 1.30. The van der Waals surface area contributed by atoms with Gasteiger partial charge >= 0.3 is 0 Å². The molecule has 0 saturated heterocycles. The zero-order valence-electron chi connectivity index (χ0n) is 15.4.